The van der Waals surface area contributed by atoms with Gasteiger partial charge in [0, 0.05) is 28.3 Å². The van der Waals surface area contributed by atoms with Gasteiger partial charge in [0.1, 0.15) is 16.7 Å². The average molecular weight is 487 g/mol. The number of nitrogens with zero attached hydrogens (tertiary/aromatic N) is 4. The fraction of sp³-hybridized carbons (Fsp3) is 0. The molecule has 0 aliphatic heterocycles. The van der Waals surface area contributed by atoms with Crippen molar-refractivity contribution in [3.63, 3.8) is 0 Å². The molecule has 0 aliphatic carbocycles. The maximum atomic E-state index is 5.33. The van der Waals surface area contributed by atoms with E-state index in [0.717, 1.165) is 50.0 Å². The lowest BCUT2D eigenvalue weighted by Gasteiger charge is -2.10. The van der Waals surface area contributed by atoms with Crippen molar-refractivity contribution in [3.8, 4) is 22.5 Å². The number of hydrogen-bond acceptors (Lipinski definition) is 2. The summed E-state index contributed by atoms with van der Waals surface area (Å²) < 4.78 is 4.55. The Balaban J connectivity index is 1.49. The molecule has 4 heteroatoms. The quantitative estimate of drug-likeness (QED) is 0.252. The van der Waals surface area contributed by atoms with Gasteiger partial charge in [0.15, 0.2) is 0 Å². The highest BCUT2D eigenvalue weighted by Crippen LogP contribution is 2.37. The topological polar surface area (TPSA) is 35.6 Å². The average Bonchev–Trinajstić information content (AvgIpc) is 3.49. The van der Waals surface area contributed by atoms with Crippen LogP contribution in [-0.2, 0) is 0 Å². The number of rotatable bonds is 3. The van der Waals surface area contributed by atoms with E-state index < -0.39 is 0 Å². The van der Waals surface area contributed by atoms with Crippen LogP contribution in [0.2, 0.25) is 0 Å². The first-order valence-corrected chi connectivity index (χ1v) is 12.8. The molecule has 0 amide bonds. The highest BCUT2D eigenvalue weighted by atomic mass is 15.1. The van der Waals surface area contributed by atoms with E-state index in [1.807, 2.05) is 18.3 Å². The van der Waals surface area contributed by atoms with Gasteiger partial charge in [0.25, 0.3) is 0 Å². The van der Waals surface area contributed by atoms with E-state index in [-0.39, 0.29) is 0 Å². The maximum absolute atomic E-state index is 5.33. The van der Waals surface area contributed by atoms with Crippen molar-refractivity contribution in [2.24, 2.45) is 0 Å². The van der Waals surface area contributed by atoms with Gasteiger partial charge >= 0.3 is 0 Å². The molecule has 0 atom stereocenters. The monoisotopic (exact) mass is 486 g/mol. The summed E-state index contributed by atoms with van der Waals surface area (Å²) in [6.45, 7) is 0. The molecule has 8 rings (SSSR count). The van der Waals surface area contributed by atoms with E-state index in [1.54, 1.807) is 0 Å². The molecule has 0 aliphatic rings. The predicted molar refractivity (Wildman–Crippen MR) is 156 cm³/mol. The molecule has 8 aromatic rings. The summed E-state index contributed by atoms with van der Waals surface area (Å²) in [5, 5.41) is 2.31. The van der Waals surface area contributed by atoms with Gasteiger partial charge in [-0.1, -0.05) is 78.9 Å². The molecule has 4 nitrogen and oxygen atoms in total. The van der Waals surface area contributed by atoms with Gasteiger partial charge in [0.2, 0.25) is 0 Å². The summed E-state index contributed by atoms with van der Waals surface area (Å²) >= 11 is 0. The number of fused-ring (bicyclic) bond motifs is 6. The minimum atomic E-state index is 0.901. The minimum Gasteiger partial charge on any atom is -0.306 e. The van der Waals surface area contributed by atoms with Crippen molar-refractivity contribution in [1.82, 2.24) is 19.1 Å². The molecule has 4 heterocycles. The molecule has 0 spiro atoms. The molecule has 0 unspecified atom stereocenters. The predicted octanol–water partition coefficient (Wildman–Crippen LogP) is 8.34. The van der Waals surface area contributed by atoms with Crippen molar-refractivity contribution >= 4 is 44.0 Å². The second kappa shape index (κ2) is 8.15. The van der Waals surface area contributed by atoms with Crippen LogP contribution in [0.25, 0.3) is 66.5 Å². The largest absolute Gasteiger partial charge is 0.306 e. The third-order valence-corrected chi connectivity index (χ3v) is 7.35. The normalized spacial score (nSPS) is 11.7. The summed E-state index contributed by atoms with van der Waals surface area (Å²) in [4.78, 5) is 10.1. The molecule has 38 heavy (non-hydrogen) atoms. The first-order valence-electron chi connectivity index (χ1n) is 12.8. The molecule has 0 fully saturated rings. The van der Waals surface area contributed by atoms with Gasteiger partial charge in [-0.05, 0) is 59.7 Å². The van der Waals surface area contributed by atoms with Gasteiger partial charge in [-0.25, -0.2) is 4.98 Å². The van der Waals surface area contributed by atoms with Crippen LogP contribution in [-0.4, -0.2) is 19.1 Å². The van der Waals surface area contributed by atoms with Gasteiger partial charge in [-0.15, -0.1) is 0 Å². The van der Waals surface area contributed by atoms with Gasteiger partial charge in [0.05, 0.1) is 16.6 Å². The van der Waals surface area contributed by atoms with Crippen LogP contribution in [0.15, 0.2) is 134 Å². The third-order valence-electron chi connectivity index (χ3n) is 7.35. The summed E-state index contributed by atoms with van der Waals surface area (Å²) in [5.74, 6) is 0. The third kappa shape index (κ3) is 3.04. The number of pyridine rings is 2. The zero-order valence-corrected chi connectivity index (χ0v) is 20.5. The zero-order chi connectivity index (χ0) is 25.1. The van der Waals surface area contributed by atoms with Crippen LogP contribution < -0.4 is 0 Å². The fourth-order valence-corrected chi connectivity index (χ4v) is 5.68. The van der Waals surface area contributed by atoms with Crippen molar-refractivity contribution in [2.45, 2.75) is 0 Å². The second-order valence-corrected chi connectivity index (χ2v) is 9.54. The number of benzene rings is 4. The number of hydrogen-bond donors (Lipinski definition) is 0. The smallest absolute Gasteiger partial charge is 0.146 e. The Hall–Kier alpha value is -5.22. The lowest BCUT2D eigenvalue weighted by Crippen LogP contribution is -1.96. The lowest BCUT2D eigenvalue weighted by atomic mass is 10.1. The van der Waals surface area contributed by atoms with Crippen LogP contribution >= 0.6 is 0 Å². The molecule has 4 aromatic carbocycles. The summed E-state index contributed by atoms with van der Waals surface area (Å²) in [7, 11) is 0. The molecule has 0 N–H and O–H groups in total. The fourth-order valence-electron chi connectivity index (χ4n) is 5.68. The van der Waals surface area contributed by atoms with Crippen LogP contribution in [0.4, 0.5) is 0 Å². The molecule has 0 bridgehead atoms. The number of aromatic nitrogens is 4. The first-order chi connectivity index (χ1) is 18.9. The second-order valence-electron chi connectivity index (χ2n) is 9.54. The summed E-state index contributed by atoms with van der Waals surface area (Å²) in [6, 6.07) is 44.6. The Kier molecular flexibility index (Phi) is 4.49. The molecule has 178 valence electrons. The number of para-hydroxylation sites is 2. The molecular weight excluding hydrogens is 464 g/mol. The van der Waals surface area contributed by atoms with E-state index in [1.165, 1.54) is 16.5 Å². The lowest BCUT2D eigenvalue weighted by molar-refractivity contribution is 1.14. The van der Waals surface area contributed by atoms with Crippen molar-refractivity contribution in [1.29, 1.82) is 0 Å². The van der Waals surface area contributed by atoms with E-state index >= 15 is 0 Å². The van der Waals surface area contributed by atoms with Crippen molar-refractivity contribution < 1.29 is 0 Å². The van der Waals surface area contributed by atoms with Crippen LogP contribution in [0, 0.1) is 0 Å². The molecule has 0 saturated carbocycles. The van der Waals surface area contributed by atoms with Crippen molar-refractivity contribution in [2.75, 3.05) is 0 Å². The van der Waals surface area contributed by atoms with Gasteiger partial charge in [-0.2, -0.15) is 0 Å². The molecule has 0 saturated heterocycles. The first kappa shape index (κ1) is 20.9. The van der Waals surface area contributed by atoms with Gasteiger partial charge < -0.3 is 4.57 Å². The van der Waals surface area contributed by atoms with Crippen molar-refractivity contribution in [3.05, 3.63) is 134 Å². The van der Waals surface area contributed by atoms with E-state index in [9.17, 15) is 0 Å². The van der Waals surface area contributed by atoms with Crippen LogP contribution in [0.1, 0.15) is 0 Å². The maximum Gasteiger partial charge on any atom is 0.146 e. The zero-order valence-electron chi connectivity index (χ0n) is 20.5. The van der Waals surface area contributed by atoms with E-state index in [2.05, 4.69) is 124 Å². The molecule has 0 radical (unpaired) electrons. The Morgan fingerprint density at radius 2 is 1.16 bits per heavy atom. The Morgan fingerprint density at radius 1 is 0.447 bits per heavy atom. The van der Waals surface area contributed by atoms with Crippen LogP contribution in [0.5, 0.6) is 0 Å². The minimum absolute atomic E-state index is 0.901. The standard InChI is InChI=1S/C34H22N4/c1-3-11-23(12-4-1)24-13-9-16-26(21-24)37-30-19-10-20-35-32(30)33-31(37)22-28-27-17-7-8-18-29(27)38(34(28)36-33)25-14-5-2-6-15-25/h1-22H. The van der Waals surface area contributed by atoms with Crippen LogP contribution in [0.3, 0.4) is 0 Å². The van der Waals surface area contributed by atoms with E-state index in [0.29, 0.717) is 0 Å². The SMILES string of the molecule is c1ccc(-c2cccc(-n3c4cccnc4c4nc5c(cc43)c3ccccc3n5-c3ccccc3)c2)cc1. The van der Waals surface area contributed by atoms with Gasteiger partial charge in [-0.3, -0.25) is 9.55 Å². The Labute approximate surface area is 219 Å². The highest BCUT2D eigenvalue weighted by Gasteiger charge is 2.20. The molecule has 4 aromatic heterocycles. The molecular formula is C34H22N4. The summed E-state index contributed by atoms with van der Waals surface area (Å²) in [6.07, 6.45) is 1.85. The highest BCUT2D eigenvalue weighted by molar-refractivity contribution is 6.15. The summed E-state index contributed by atoms with van der Waals surface area (Å²) in [5.41, 5.74) is 10.5. The Morgan fingerprint density at radius 3 is 2.03 bits per heavy atom. The van der Waals surface area contributed by atoms with E-state index in [4.69, 9.17) is 9.97 Å². The Bertz CT molecular complexity index is 2120.